The molecule has 21 heavy (non-hydrogen) atoms. The summed E-state index contributed by atoms with van der Waals surface area (Å²) in [5, 5.41) is 8.02. The second kappa shape index (κ2) is 8.81. The topological polar surface area (TPSA) is 47.0 Å². The minimum absolute atomic E-state index is 0.406. The number of nitrogens with zero attached hydrogens (tertiary/aromatic N) is 2. The van der Waals surface area contributed by atoms with Gasteiger partial charge in [0.05, 0.1) is 16.7 Å². The zero-order valence-electron chi connectivity index (χ0n) is 13.6. The molecule has 1 N–H and O–H groups in total. The van der Waals surface area contributed by atoms with Crippen molar-refractivity contribution in [2.75, 3.05) is 13.2 Å². The molecule has 0 aromatic carbocycles. The third kappa shape index (κ3) is 5.01. The first kappa shape index (κ1) is 16.8. The molecule has 0 bridgehead atoms. The van der Waals surface area contributed by atoms with E-state index < -0.39 is 0 Å². The van der Waals surface area contributed by atoms with Crippen LogP contribution in [0.15, 0.2) is 0 Å². The average molecular weight is 311 g/mol. The van der Waals surface area contributed by atoms with Gasteiger partial charge in [-0.3, -0.25) is 0 Å². The molecule has 1 fully saturated rings. The van der Waals surface area contributed by atoms with E-state index in [1.54, 1.807) is 11.5 Å². The van der Waals surface area contributed by atoms with Crippen molar-refractivity contribution < 1.29 is 4.74 Å². The maximum Gasteiger partial charge on any atom is 0.0829 e. The van der Waals surface area contributed by atoms with Crippen molar-refractivity contribution in [3.05, 3.63) is 10.6 Å². The molecule has 1 aromatic heterocycles. The number of hydrogen-bond donors (Lipinski definition) is 1. The van der Waals surface area contributed by atoms with Crippen molar-refractivity contribution in [1.82, 2.24) is 14.9 Å². The molecule has 0 radical (unpaired) electrons. The molecular formula is C16H29N3OS. The second-order valence-electron chi connectivity index (χ2n) is 6.25. The van der Waals surface area contributed by atoms with E-state index >= 15 is 0 Å². The summed E-state index contributed by atoms with van der Waals surface area (Å²) >= 11 is 1.56. The highest BCUT2D eigenvalue weighted by molar-refractivity contribution is 7.05. The van der Waals surface area contributed by atoms with Crippen LogP contribution in [-0.2, 0) is 4.74 Å². The highest BCUT2D eigenvalue weighted by Gasteiger charge is 2.22. The van der Waals surface area contributed by atoms with E-state index in [2.05, 4.69) is 35.7 Å². The van der Waals surface area contributed by atoms with Gasteiger partial charge in [-0.2, -0.15) is 0 Å². The van der Waals surface area contributed by atoms with E-state index in [1.807, 2.05) is 0 Å². The Kier molecular flexibility index (Phi) is 7.07. The average Bonchev–Trinajstić information content (AvgIpc) is 3.13. The minimum atomic E-state index is 0.406. The fraction of sp³-hybridized carbons (Fsp3) is 0.875. The first-order valence-electron chi connectivity index (χ1n) is 8.39. The first-order valence-corrected chi connectivity index (χ1v) is 9.16. The molecule has 4 nitrogen and oxygen atoms in total. The Morgan fingerprint density at radius 3 is 2.95 bits per heavy atom. The van der Waals surface area contributed by atoms with Crippen LogP contribution in [0, 0.1) is 0 Å². The van der Waals surface area contributed by atoms with Gasteiger partial charge in [-0.05, 0) is 62.5 Å². The van der Waals surface area contributed by atoms with Gasteiger partial charge in [-0.1, -0.05) is 25.3 Å². The minimum Gasteiger partial charge on any atom is -0.378 e. The Bertz CT molecular complexity index is 402. The molecule has 1 aromatic rings. The molecular weight excluding hydrogens is 282 g/mol. The zero-order valence-corrected chi connectivity index (χ0v) is 14.4. The van der Waals surface area contributed by atoms with Crippen LogP contribution in [0.2, 0.25) is 0 Å². The lowest BCUT2D eigenvalue weighted by Crippen LogP contribution is -2.23. The second-order valence-corrected chi connectivity index (χ2v) is 7.04. The fourth-order valence-corrected chi connectivity index (χ4v) is 3.83. The molecule has 2 rings (SSSR count). The summed E-state index contributed by atoms with van der Waals surface area (Å²) in [6.45, 7) is 8.62. The normalized spacial score (nSPS) is 20.3. The molecule has 5 heteroatoms. The van der Waals surface area contributed by atoms with E-state index in [0.717, 1.165) is 26.0 Å². The maximum atomic E-state index is 5.73. The van der Waals surface area contributed by atoms with Crippen LogP contribution in [0.5, 0.6) is 0 Å². The standard InChI is InChI=1S/C16H29N3OS/c1-4-10-17-14(9-5-7-13-8-6-11-20-13)16-15(12(2)3)18-19-21-16/h12-14,17H,4-11H2,1-3H3. The van der Waals surface area contributed by atoms with Crippen molar-refractivity contribution in [1.29, 1.82) is 0 Å². The van der Waals surface area contributed by atoms with Gasteiger partial charge in [0.2, 0.25) is 0 Å². The van der Waals surface area contributed by atoms with Crippen LogP contribution in [0.4, 0.5) is 0 Å². The van der Waals surface area contributed by atoms with Gasteiger partial charge in [0.25, 0.3) is 0 Å². The molecule has 0 spiro atoms. The lowest BCUT2D eigenvalue weighted by Gasteiger charge is -2.19. The molecule has 2 atom stereocenters. The number of aromatic nitrogens is 2. The monoisotopic (exact) mass is 311 g/mol. The number of nitrogens with one attached hydrogen (secondary N) is 1. The van der Waals surface area contributed by atoms with Crippen molar-refractivity contribution >= 4 is 11.5 Å². The molecule has 0 aliphatic carbocycles. The zero-order chi connectivity index (χ0) is 15.1. The van der Waals surface area contributed by atoms with E-state index in [9.17, 15) is 0 Å². The molecule has 1 aliphatic rings. The van der Waals surface area contributed by atoms with Crippen LogP contribution in [0.25, 0.3) is 0 Å². The van der Waals surface area contributed by atoms with Crippen molar-refractivity contribution in [2.45, 2.75) is 77.4 Å². The van der Waals surface area contributed by atoms with Crippen LogP contribution < -0.4 is 5.32 Å². The van der Waals surface area contributed by atoms with Gasteiger partial charge >= 0.3 is 0 Å². The molecule has 120 valence electrons. The maximum absolute atomic E-state index is 5.73. The SMILES string of the molecule is CCCNC(CCCC1CCCO1)c1snnc1C(C)C. The summed E-state index contributed by atoms with van der Waals surface area (Å²) in [4.78, 5) is 1.34. The summed E-state index contributed by atoms with van der Waals surface area (Å²) in [5.74, 6) is 0.447. The Morgan fingerprint density at radius 2 is 2.29 bits per heavy atom. The quantitative estimate of drug-likeness (QED) is 0.747. The fourth-order valence-electron chi connectivity index (χ4n) is 2.91. The van der Waals surface area contributed by atoms with Gasteiger partial charge < -0.3 is 10.1 Å². The Hall–Kier alpha value is -0.520. The third-order valence-corrected chi connectivity index (χ3v) is 4.94. The number of hydrogen-bond acceptors (Lipinski definition) is 5. The third-order valence-electron chi connectivity index (χ3n) is 4.09. The molecule has 0 amide bonds. The molecule has 2 heterocycles. The van der Waals surface area contributed by atoms with Gasteiger partial charge in [0.15, 0.2) is 0 Å². The predicted octanol–water partition coefficient (Wildman–Crippen LogP) is 4.05. The van der Waals surface area contributed by atoms with Gasteiger partial charge in [-0.25, -0.2) is 0 Å². The van der Waals surface area contributed by atoms with Crippen LogP contribution in [0.1, 0.15) is 81.8 Å². The molecule has 1 saturated heterocycles. The lowest BCUT2D eigenvalue weighted by molar-refractivity contribution is 0.101. The summed E-state index contributed by atoms with van der Waals surface area (Å²) in [7, 11) is 0. The molecule has 2 unspecified atom stereocenters. The predicted molar refractivity (Wildman–Crippen MR) is 87.9 cm³/mol. The highest BCUT2D eigenvalue weighted by Crippen LogP contribution is 2.30. The Morgan fingerprint density at radius 1 is 1.43 bits per heavy atom. The number of rotatable bonds is 9. The molecule has 0 saturated carbocycles. The van der Waals surface area contributed by atoms with Crippen LogP contribution >= 0.6 is 11.5 Å². The summed E-state index contributed by atoms with van der Waals surface area (Å²) in [5.41, 5.74) is 1.17. The van der Waals surface area contributed by atoms with Crippen LogP contribution in [0.3, 0.4) is 0 Å². The smallest absolute Gasteiger partial charge is 0.0829 e. The summed E-state index contributed by atoms with van der Waals surface area (Å²) < 4.78 is 9.91. The van der Waals surface area contributed by atoms with Gasteiger partial charge in [-0.15, -0.1) is 5.10 Å². The van der Waals surface area contributed by atoms with Crippen LogP contribution in [-0.4, -0.2) is 28.8 Å². The van der Waals surface area contributed by atoms with E-state index in [0.29, 0.717) is 18.1 Å². The Labute approximate surface area is 132 Å². The highest BCUT2D eigenvalue weighted by atomic mass is 32.1. The first-order chi connectivity index (χ1) is 10.2. The summed E-state index contributed by atoms with van der Waals surface area (Å²) in [6.07, 6.45) is 7.69. The van der Waals surface area contributed by atoms with Crippen molar-refractivity contribution in [3.63, 3.8) is 0 Å². The van der Waals surface area contributed by atoms with Crippen molar-refractivity contribution in [3.8, 4) is 0 Å². The van der Waals surface area contributed by atoms with Gasteiger partial charge in [0.1, 0.15) is 0 Å². The number of ether oxygens (including phenoxy) is 1. The molecule has 1 aliphatic heterocycles. The lowest BCUT2D eigenvalue weighted by atomic mass is 10.00. The van der Waals surface area contributed by atoms with E-state index in [1.165, 1.54) is 36.3 Å². The van der Waals surface area contributed by atoms with E-state index in [4.69, 9.17) is 4.74 Å². The Balaban J connectivity index is 1.91. The summed E-state index contributed by atoms with van der Waals surface area (Å²) in [6, 6.07) is 0.406. The van der Waals surface area contributed by atoms with Crippen molar-refractivity contribution in [2.24, 2.45) is 0 Å². The van der Waals surface area contributed by atoms with Gasteiger partial charge in [0, 0.05) is 12.6 Å². The van der Waals surface area contributed by atoms with E-state index in [-0.39, 0.29) is 0 Å². The largest absolute Gasteiger partial charge is 0.378 e.